The number of nitrogens with zero attached hydrogens (tertiary/aromatic N) is 1. The first kappa shape index (κ1) is 16.2. The average Bonchev–Trinajstić information content (AvgIpc) is 2.87. The molecule has 0 radical (unpaired) electrons. The van der Waals surface area contributed by atoms with E-state index in [-0.39, 0.29) is 5.79 Å². The van der Waals surface area contributed by atoms with Crippen molar-refractivity contribution in [3.8, 4) is 0 Å². The Labute approximate surface area is 122 Å². The zero-order valence-electron chi connectivity index (χ0n) is 13.4. The molecule has 20 heavy (non-hydrogen) atoms. The van der Waals surface area contributed by atoms with Gasteiger partial charge in [0, 0.05) is 44.6 Å². The van der Waals surface area contributed by atoms with E-state index in [4.69, 9.17) is 14.2 Å². The topological polar surface area (TPSA) is 43.0 Å². The zero-order chi connectivity index (χ0) is 14.6. The van der Waals surface area contributed by atoms with Crippen LogP contribution in [0.3, 0.4) is 0 Å². The van der Waals surface area contributed by atoms with Crippen molar-refractivity contribution in [1.82, 2.24) is 10.2 Å². The fraction of sp³-hybridized carbons (Fsp3) is 1.00. The molecular weight excluding hydrogens is 256 g/mol. The number of ether oxygens (including phenoxy) is 3. The van der Waals surface area contributed by atoms with E-state index >= 15 is 0 Å². The molecule has 0 aromatic heterocycles. The second kappa shape index (κ2) is 7.18. The van der Waals surface area contributed by atoms with Crippen molar-refractivity contribution < 1.29 is 14.2 Å². The highest BCUT2D eigenvalue weighted by Gasteiger charge is 2.46. The van der Waals surface area contributed by atoms with E-state index in [0.717, 1.165) is 45.6 Å². The predicted octanol–water partition coefficient (Wildman–Crippen LogP) is 1.23. The monoisotopic (exact) mass is 286 g/mol. The smallest absolute Gasteiger partial charge is 0.170 e. The number of methoxy groups -OCH3 is 1. The molecule has 0 aromatic carbocycles. The minimum Gasteiger partial charge on any atom is -0.383 e. The van der Waals surface area contributed by atoms with E-state index in [1.807, 2.05) is 0 Å². The maximum Gasteiger partial charge on any atom is 0.170 e. The molecule has 2 atom stereocenters. The Kier molecular flexibility index (Phi) is 5.81. The fourth-order valence-corrected chi connectivity index (χ4v) is 3.58. The van der Waals surface area contributed by atoms with Crippen LogP contribution in [0.2, 0.25) is 0 Å². The summed E-state index contributed by atoms with van der Waals surface area (Å²) in [4.78, 5) is 2.52. The zero-order valence-corrected chi connectivity index (χ0v) is 13.4. The molecule has 1 aliphatic heterocycles. The van der Waals surface area contributed by atoms with Crippen molar-refractivity contribution in [1.29, 1.82) is 0 Å². The van der Waals surface area contributed by atoms with Crippen LogP contribution in [0, 0.1) is 0 Å². The summed E-state index contributed by atoms with van der Waals surface area (Å²) in [6, 6.07) is 1.41. The summed E-state index contributed by atoms with van der Waals surface area (Å²) in [6.07, 6.45) is 3.03. The number of likely N-dealkylation sites (N-methyl/N-ethyl adjacent to an activating group) is 1. The largest absolute Gasteiger partial charge is 0.383 e. The SMILES string of the molecule is CNC1CCC2(CC1N(CCOC)C(C)C)OCCO2. The highest BCUT2D eigenvalue weighted by Crippen LogP contribution is 2.38. The molecule has 1 saturated carbocycles. The summed E-state index contributed by atoms with van der Waals surface area (Å²) in [6.45, 7) is 7.68. The first-order valence-corrected chi connectivity index (χ1v) is 7.82. The molecule has 1 N–H and O–H groups in total. The number of hydrogen-bond donors (Lipinski definition) is 1. The molecule has 0 aromatic rings. The van der Waals surface area contributed by atoms with Gasteiger partial charge in [-0.3, -0.25) is 4.90 Å². The van der Waals surface area contributed by atoms with Crippen molar-refractivity contribution in [3.63, 3.8) is 0 Å². The van der Waals surface area contributed by atoms with Gasteiger partial charge in [0.2, 0.25) is 0 Å². The quantitative estimate of drug-likeness (QED) is 0.795. The van der Waals surface area contributed by atoms with E-state index in [9.17, 15) is 0 Å². The van der Waals surface area contributed by atoms with E-state index in [2.05, 4.69) is 31.1 Å². The van der Waals surface area contributed by atoms with E-state index in [1.165, 1.54) is 0 Å². The van der Waals surface area contributed by atoms with Crippen molar-refractivity contribution in [2.24, 2.45) is 0 Å². The lowest BCUT2D eigenvalue weighted by molar-refractivity contribution is -0.195. The Morgan fingerprint density at radius 1 is 1.35 bits per heavy atom. The van der Waals surface area contributed by atoms with E-state index in [1.54, 1.807) is 7.11 Å². The van der Waals surface area contributed by atoms with Gasteiger partial charge in [-0.2, -0.15) is 0 Å². The first-order valence-electron chi connectivity index (χ1n) is 7.82. The molecular formula is C15H30N2O3. The standard InChI is InChI=1S/C15H30N2O3/c1-12(2)17(7-8-18-4)14-11-15(19-9-10-20-15)6-5-13(14)16-3/h12-14,16H,5-11H2,1-4H3. The number of nitrogens with one attached hydrogen (secondary N) is 1. The normalized spacial score (nSPS) is 29.7. The maximum absolute atomic E-state index is 5.93. The predicted molar refractivity (Wildman–Crippen MR) is 78.8 cm³/mol. The van der Waals surface area contributed by atoms with Crippen LogP contribution in [0.1, 0.15) is 33.1 Å². The highest BCUT2D eigenvalue weighted by atomic mass is 16.7. The Hall–Kier alpha value is -0.200. The molecule has 2 unspecified atom stereocenters. The van der Waals surface area contributed by atoms with Crippen LogP contribution in [0.5, 0.6) is 0 Å². The Bertz CT molecular complexity index is 293. The van der Waals surface area contributed by atoms with Gasteiger partial charge in [-0.15, -0.1) is 0 Å². The maximum atomic E-state index is 5.93. The van der Waals surface area contributed by atoms with Crippen LogP contribution in [-0.2, 0) is 14.2 Å². The van der Waals surface area contributed by atoms with Gasteiger partial charge in [-0.25, -0.2) is 0 Å². The number of rotatable bonds is 6. The molecule has 1 saturated heterocycles. The molecule has 2 fully saturated rings. The van der Waals surface area contributed by atoms with Crippen LogP contribution in [0.25, 0.3) is 0 Å². The molecule has 2 aliphatic rings. The van der Waals surface area contributed by atoms with Gasteiger partial charge < -0.3 is 19.5 Å². The molecule has 118 valence electrons. The summed E-state index contributed by atoms with van der Waals surface area (Å²) in [5, 5.41) is 3.48. The third-order valence-corrected chi connectivity index (χ3v) is 4.65. The van der Waals surface area contributed by atoms with Gasteiger partial charge in [0.15, 0.2) is 5.79 Å². The summed E-state index contributed by atoms with van der Waals surface area (Å²) < 4.78 is 17.1. The van der Waals surface area contributed by atoms with Gasteiger partial charge in [0.1, 0.15) is 0 Å². The lowest BCUT2D eigenvalue weighted by atomic mass is 9.84. The van der Waals surface area contributed by atoms with Crippen LogP contribution in [-0.4, -0.2) is 69.3 Å². The van der Waals surface area contributed by atoms with Crippen LogP contribution in [0.15, 0.2) is 0 Å². The second-order valence-corrected chi connectivity index (χ2v) is 6.14. The minimum atomic E-state index is -0.335. The Morgan fingerprint density at radius 3 is 2.60 bits per heavy atom. The molecule has 1 aliphatic carbocycles. The van der Waals surface area contributed by atoms with Gasteiger partial charge in [-0.05, 0) is 27.3 Å². The molecule has 5 nitrogen and oxygen atoms in total. The van der Waals surface area contributed by atoms with Crippen LogP contribution < -0.4 is 5.32 Å². The summed E-state index contributed by atoms with van der Waals surface area (Å²) >= 11 is 0. The minimum absolute atomic E-state index is 0.335. The van der Waals surface area contributed by atoms with Crippen molar-refractivity contribution in [2.45, 2.75) is 57.0 Å². The second-order valence-electron chi connectivity index (χ2n) is 6.14. The van der Waals surface area contributed by atoms with E-state index in [0.29, 0.717) is 18.1 Å². The Balaban J connectivity index is 2.09. The first-order chi connectivity index (χ1) is 9.62. The van der Waals surface area contributed by atoms with Crippen LogP contribution >= 0.6 is 0 Å². The third kappa shape index (κ3) is 3.52. The average molecular weight is 286 g/mol. The molecule has 5 heteroatoms. The van der Waals surface area contributed by atoms with Crippen molar-refractivity contribution in [3.05, 3.63) is 0 Å². The van der Waals surface area contributed by atoms with Gasteiger partial charge in [-0.1, -0.05) is 0 Å². The van der Waals surface area contributed by atoms with E-state index < -0.39 is 0 Å². The molecule has 1 heterocycles. The lowest BCUT2D eigenvalue weighted by Gasteiger charge is -2.47. The molecule has 0 amide bonds. The highest BCUT2D eigenvalue weighted by molar-refractivity contribution is 4.96. The fourth-order valence-electron chi connectivity index (χ4n) is 3.58. The van der Waals surface area contributed by atoms with Gasteiger partial charge in [0.05, 0.1) is 19.8 Å². The summed E-state index contributed by atoms with van der Waals surface area (Å²) in [5.41, 5.74) is 0. The van der Waals surface area contributed by atoms with Gasteiger partial charge >= 0.3 is 0 Å². The number of hydrogen-bond acceptors (Lipinski definition) is 5. The summed E-state index contributed by atoms with van der Waals surface area (Å²) in [5.74, 6) is -0.335. The third-order valence-electron chi connectivity index (χ3n) is 4.65. The summed E-state index contributed by atoms with van der Waals surface area (Å²) in [7, 11) is 3.82. The van der Waals surface area contributed by atoms with Crippen LogP contribution in [0.4, 0.5) is 0 Å². The Morgan fingerprint density at radius 2 is 2.05 bits per heavy atom. The lowest BCUT2D eigenvalue weighted by Crippen LogP contribution is -2.59. The molecule has 0 bridgehead atoms. The van der Waals surface area contributed by atoms with Crippen molar-refractivity contribution >= 4 is 0 Å². The molecule has 1 spiro atoms. The van der Waals surface area contributed by atoms with Gasteiger partial charge in [0.25, 0.3) is 0 Å². The van der Waals surface area contributed by atoms with Crippen molar-refractivity contribution in [2.75, 3.05) is 40.5 Å². The molecule has 2 rings (SSSR count).